The van der Waals surface area contributed by atoms with Gasteiger partial charge in [-0.2, -0.15) is 0 Å². The van der Waals surface area contributed by atoms with E-state index in [0.29, 0.717) is 41.6 Å². The van der Waals surface area contributed by atoms with Crippen molar-refractivity contribution in [2.45, 2.75) is 19.9 Å². The van der Waals surface area contributed by atoms with Crippen molar-refractivity contribution in [3.05, 3.63) is 70.1 Å². The lowest BCUT2D eigenvalue weighted by Crippen LogP contribution is -2.38. The molecule has 1 aromatic heterocycles. The Hall–Kier alpha value is -3.10. The number of nitrogens with zero attached hydrogens (tertiary/aromatic N) is 2. The maximum Gasteiger partial charge on any atom is 0.290 e. The second-order valence-electron chi connectivity index (χ2n) is 7.51. The van der Waals surface area contributed by atoms with Crippen LogP contribution in [-0.4, -0.2) is 66.5 Å². The highest BCUT2D eigenvalue weighted by molar-refractivity contribution is 7.12. The summed E-state index contributed by atoms with van der Waals surface area (Å²) < 4.78 is 11.1. The molecule has 0 bridgehead atoms. The van der Waals surface area contributed by atoms with Gasteiger partial charge in [0.25, 0.3) is 5.91 Å². The van der Waals surface area contributed by atoms with Crippen LogP contribution in [0.15, 0.2) is 59.7 Å². The van der Waals surface area contributed by atoms with Gasteiger partial charge in [-0.3, -0.25) is 9.59 Å². The topological polar surface area (TPSA) is 79.3 Å². The summed E-state index contributed by atoms with van der Waals surface area (Å²) in [4.78, 5) is 30.7. The van der Waals surface area contributed by atoms with Crippen LogP contribution in [0.2, 0.25) is 0 Å². The Morgan fingerprint density at radius 2 is 2.03 bits per heavy atom. The number of likely N-dealkylation sites (N-methyl/N-ethyl adjacent to an activating group) is 1. The number of rotatable bonds is 12. The quantitative estimate of drug-likeness (QED) is 0.369. The molecule has 8 heteroatoms. The van der Waals surface area contributed by atoms with Gasteiger partial charge in [0, 0.05) is 13.1 Å². The highest BCUT2D eigenvalue weighted by Gasteiger charge is 2.44. The molecule has 1 aromatic carbocycles. The van der Waals surface area contributed by atoms with Gasteiger partial charge in [0.2, 0.25) is 5.78 Å². The molecule has 7 nitrogen and oxygen atoms in total. The van der Waals surface area contributed by atoms with Crippen LogP contribution in [0, 0.1) is 0 Å². The van der Waals surface area contributed by atoms with Crippen molar-refractivity contribution in [2.24, 2.45) is 0 Å². The first-order valence-electron chi connectivity index (χ1n) is 10.9. The number of ketones is 1. The molecule has 3 rings (SSSR count). The summed E-state index contributed by atoms with van der Waals surface area (Å²) in [6, 6.07) is 8.02. The van der Waals surface area contributed by atoms with Crippen molar-refractivity contribution in [1.29, 1.82) is 0 Å². The van der Waals surface area contributed by atoms with Gasteiger partial charge in [-0.05, 0) is 42.2 Å². The fourth-order valence-corrected chi connectivity index (χ4v) is 4.59. The zero-order valence-electron chi connectivity index (χ0n) is 19.2. The van der Waals surface area contributed by atoms with Gasteiger partial charge in [0.05, 0.1) is 23.6 Å². The fraction of sp³-hybridized carbons (Fsp3) is 0.360. The van der Waals surface area contributed by atoms with Crippen molar-refractivity contribution in [3.8, 4) is 11.5 Å². The van der Waals surface area contributed by atoms with E-state index in [1.807, 2.05) is 0 Å². The van der Waals surface area contributed by atoms with Gasteiger partial charge >= 0.3 is 0 Å². The third-order valence-corrected chi connectivity index (χ3v) is 6.57. The summed E-state index contributed by atoms with van der Waals surface area (Å²) in [6.45, 7) is 10.8. The van der Waals surface area contributed by atoms with Crippen LogP contribution in [-0.2, 0) is 4.79 Å². The minimum absolute atomic E-state index is 0.0869. The molecule has 1 atom stereocenters. The highest BCUT2D eigenvalue weighted by atomic mass is 32.1. The van der Waals surface area contributed by atoms with E-state index in [9.17, 15) is 14.7 Å². The monoisotopic (exact) mass is 470 g/mol. The lowest BCUT2D eigenvalue weighted by atomic mass is 9.95. The van der Waals surface area contributed by atoms with E-state index < -0.39 is 17.7 Å². The summed E-state index contributed by atoms with van der Waals surface area (Å²) in [5, 5.41) is 12.6. The highest BCUT2D eigenvalue weighted by Crippen LogP contribution is 2.42. The molecular weight excluding hydrogens is 440 g/mol. The number of ether oxygens (including phenoxy) is 2. The lowest BCUT2D eigenvalue weighted by molar-refractivity contribution is -0.129. The maximum atomic E-state index is 13.3. The van der Waals surface area contributed by atoms with Crippen LogP contribution >= 0.6 is 11.3 Å². The molecule has 1 amide bonds. The first-order valence-corrected chi connectivity index (χ1v) is 11.8. The predicted molar refractivity (Wildman–Crippen MR) is 129 cm³/mol. The van der Waals surface area contributed by atoms with Crippen molar-refractivity contribution >= 4 is 23.0 Å². The number of Topliss-reactive ketones (excluding diaryl/α,β-unsaturated/α-hetero) is 1. The Kier molecular flexibility index (Phi) is 8.30. The zero-order valence-corrected chi connectivity index (χ0v) is 20.1. The summed E-state index contributed by atoms with van der Waals surface area (Å²) in [5.74, 6) is -0.390. The van der Waals surface area contributed by atoms with Crippen molar-refractivity contribution in [1.82, 2.24) is 9.80 Å². The number of carbonyl (C=O) groups excluding carboxylic acids is 2. The molecule has 0 unspecified atom stereocenters. The molecule has 176 valence electrons. The number of amides is 1. The van der Waals surface area contributed by atoms with Gasteiger partial charge < -0.3 is 24.4 Å². The molecule has 0 radical (unpaired) electrons. The number of methoxy groups -OCH3 is 1. The summed E-state index contributed by atoms with van der Waals surface area (Å²) in [5.41, 5.74) is 0.749. The summed E-state index contributed by atoms with van der Waals surface area (Å²) in [7, 11) is 1.53. The minimum Gasteiger partial charge on any atom is -0.503 e. The fourth-order valence-electron chi connectivity index (χ4n) is 3.91. The number of thiophene rings is 1. The minimum atomic E-state index is -0.731. The molecular formula is C25H30N2O5S. The molecule has 0 saturated heterocycles. The third kappa shape index (κ3) is 5.12. The van der Waals surface area contributed by atoms with Crippen molar-refractivity contribution in [2.75, 3.05) is 39.9 Å². The third-order valence-electron chi connectivity index (χ3n) is 5.70. The largest absolute Gasteiger partial charge is 0.503 e. The van der Waals surface area contributed by atoms with E-state index in [1.54, 1.807) is 46.7 Å². The predicted octanol–water partition coefficient (Wildman–Crippen LogP) is 4.24. The Balaban J connectivity index is 2.04. The van der Waals surface area contributed by atoms with Gasteiger partial charge in [-0.1, -0.05) is 38.6 Å². The Morgan fingerprint density at radius 1 is 1.27 bits per heavy atom. The van der Waals surface area contributed by atoms with Crippen LogP contribution in [0.25, 0.3) is 0 Å². The summed E-state index contributed by atoms with van der Waals surface area (Å²) >= 11 is 1.28. The van der Waals surface area contributed by atoms with Gasteiger partial charge in [0.15, 0.2) is 17.3 Å². The van der Waals surface area contributed by atoms with E-state index in [0.717, 1.165) is 13.1 Å². The van der Waals surface area contributed by atoms with Gasteiger partial charge in [-0.25, -0.2) is 0 Å². The van der Waals surface area contributed by atoms with E-state index >= 15 is 0 Å². The molecule has 2 heterocycles. The van der Waals surface area contributed by atoms with Crippen molar-refractivity contribution in [3.63, 3.8) is 0 Å². The number of aliphatic hydroxyl groups excluding tert-OH is 1. The number of benzene rings is 1. The van der Waals surface area contributed by atoms with Crippen LogP contribution in [0.1, 0.15) is 35.1 Å². The molecule has 2 aromatic rings. The molecule has 1 N–H and O–H groups in total. The van der Waals surface area contributed by atoms with Crippen LogP contribution in [0.3, 0.4) is 0 Å². The van der Waals surface area contributed by atoms with Crippen LogP contribution < -0.4 is 9.47 Å². The summed E-state index contributed by atoms with van der Waals surface area (Å²) in [6.07, 6.45) is 1.64. The second-order valence-corrected chi connectivity index (χ2v) is 8.45. The zero-order chi connectivity index (χ0) is 24.0. The molecule has 0 aliphatic carbocycles. The molecule has 0 fully saturated rings. The Labute approximate surface area is 198 Å². The lowest BCUT2D eigenvalue weighted by Gasteiger charge is -2.29. The number of hydrogen-bond acceptors (Lipinski definition) is 7. The smallest absolute Gasteiger partial charge is 0.290 e. The first kappa shape index (κ1) is 24.5. The van der Waals surface area contributed by atoms with E-state index in [-0.39, 0.29) is 11.4 Å². The van der Waals surface area contributed by atoms with Crippen LogP contribution in [0.4, 0.5) is 0 Å². The molecule has 1 aliphatic rings. The van der Waals surface area contributed by atoms with E-state index in [1.165, 1.54) is 18.4 Å². The number of carbonyl (C=O) groups is 2. The van der Waals surface area contributed by atoms with Gasteiger partial charge in [-0.15, -0.1) is 11.3 Å². The Morgan fingerprint density at radius 3 is 2.64 bits per heavy atom. The normalized spacial score (nSPS) is 15.9. The standard InChI is InChI=1S/C25H30N2O5S/c1-5-14-32-18-11-10-17(16-19(18)31-4)22-21(23(28)20-9-8-15-33-20)24(29)25(30)27(22)13-12-26(6-2)7-3/h5,8-11,15-16,22,29H,1,6-7,12-14H2,2-4H3/t22-/m0/s1. The van der Waals surface area contributed by atoms with Crippen molar-refractivity contribution < 1.29 is 24.2 Å². The average Bonchev–Trinajstić information content (AvgIpc) is 3.46. The Bertz CT molecular complexity index is 1030. The van der Waals surface area contributed by atoms with E-state index in [2.05, 4.69) is 25.3 Å². The second kappa shape index (κ2) is 11.2. The molecule has 0 spiro atoms. The maximum absolute atomic E-state index is 13.3. The van der Waals surface area contributed by atoms with E-state index in [4.69, 9.17) is 9.47 Å². The molecule has 0 saturated carbocycles. The van der Waals surface area contributed by atoms with Gasteiger partial charge in [0.1, 0.15) is 6.61 Å². The number of aliphatic hydroxyl groups is 1. The average molecular weight is 471 g/mol. The molecule has 33 heavy (non-hydrogen) atoms. The number of hydrogen-bond donors (Lipinski definition) is 1. The first-order chi connectivity index (χ1) is 16.0. The van der Waals surface area contributed by atoms with Crippen LogP contribution in [0.5, 0.6) is 11.5 Å². The SMILES string of the molecule is C=CCOc1ccc([C@H]2C(C(=O)c3cccs3)=C(O)C(=O)N2CCN(CC)CC)cc1OC. The molecule has 1 aliphatic heterocycles.